The lowest BCUT2D eigenvalue weighted by atomic mass is 10.3. The predicted octanol–water partition coefficient (Wildman–Crippen LogP) is 4.46. The molecule has 0 atom stereocenters. The predicted molar refractivity (Wildman–Crippen MR) is 90.3 cm³/mol. The standard InChI is InChI=1S/C12H8BrClIN3O2/c13-10-5-9(20-11(10)15)6-16-18-12(19)17-8-3-1-7(14)2-4-8/h1-6H,(H2,17,18,19)/b16-6+. The van der Waals surface area contributed by atoms with Crippen LogP contribution in [0.4, 0.5) is 10.5 Å². The molecule has 1 heterocycles. The van der Waals surface area contributed by atoms with Crippen LogP contribution in [0.25, 0.3) is 0 Å². The van der Waals surface area contributed by atoms with Crippen molar-refractivity contribution in [3.63, 3.8) is 0 Å². The Labute approximate surface area is 142 Å². The van der Waals surface area contributed by atoms with Crippen molar-refractivity contribution >= 4 is 68.1 Å². The average Bonchev–Trinajstić information content (AvgIpc) is 2.71. The van der Waals surface area contributed by atoms with Crippen LogP contribution in [0.5, 0.6) is 0 Å². The maximum Gasteiger partial charge on any atom is 0.339 e. The zero-order valence-electron chi connectivity index (χ0n) is 9.86. The molecule has 5 nitrogen and oxygen atoms in total. The number of carbonyl (C=O) groups excluding carboxylic acids is 1. The zero-order chi connectivity index (χ0) is 14.5. The number of hydrogen-bond donors (Lipinski definition) is 2. The van der Waals surface area contributed by atoms with Gasteiger partial charge in [-0.3, -0.25) is 0 Å². The third-order valence-electron chi connectivity index (χ3n) is 2.12. The molecule has 0 unspecified atom stereocenters. The van der Waals surface area contributed by atoms with Gasteiger partial charge in [-0.1, -0.05) is 11.6 Å². The molecule has 0 radical (unpaired) electrons. The fourth-order valence-corrected chi connectivity index (χ4v) is 2.12. The van der Waals surface area contributed by atoms with E-state index in [2.05, 4.69) is 31.8 Å². The summed E-state index contributed by atoms with van der Waals surface area (Å²) in [4.78, 5) is 11.5. The number of furan rings is 1. The van der Waals surface area contributed by atoms with Crippen LogP contribution in [-0.4, -0.2) is 12.2 Å². The molecule has 0 saturated carbocycles. The minimum Gasteiger partial charge on any atom is -0.448 e. The molecule has 2 aromatic rings. The Hall–Kier alpha value is -1.06. The van der Waals surface area contributed by atoms with Crippen molar-refractivity contribution in [3.8, 4) is 0 Å². The smallest absolute Gasteiger partial charge is 0.339 e. The van der Waals surface area contributed by atoms with Gasteiger partial charge in [-0.2, -0.15) is 5.10 Å². The Balaban J connectivity index is 1.87. The summed E-state index contributed by atoms with van der Waals surface area (Å²) in [6.45, 7) is 0. The van der Waals surface area contributed by atoms with E-state index in [9.17, 15) is 4.79 Å². The topological polar surface area (TPSA) is 66.6 Å². The van der Waals surface area contributed by atoms with Gasteiger partial charge in [0.15, 0.2) is 3.77 Å². The lowest BCUT2D eigenvalue weighted by Crippen LogP contribution is -2.24. The molecule has 0 aliphatic heterocycles. The van der Waals surface area contributed by atoms with E-state index in [0.29, 0.717) is 16.5 Å². The summed E-state index contributed by atoms with van der Waals surface area (Å²) in [5, 5.41) is 6.99. The van der Waals surface area contributed by atoms with Crippen LogP contribution in [0, 0.1) is 3.77 Å². The van der Waals surface area contributed by atoms with Crippen LogP contribution >= 0.6 is 50.1 Å². The minimum atomic E-state index is -0.455. The van der Waals surface area contributed by atoms with Crippen LogP contribution in [0.3, 0.4) is 0 Å². The second kappa shape index (κ2) is 7.09. The molecule has 0 aliphatic carbocycles. The van der Waals surface area contributed by atoms with Crippen LogP contribution < -0.4 is 10.7 Å². The van der Waals surface area contributed by atoms with E-state index in [1.54, 1.807) is 30.3 Å². The second-order valence-corrected chi connectivity index (χ2v) is 5.87. The maximum atomic E-state index is 11.5. The van der Waals surface area contributed by atoms with Gasteiger partial charge in [0.1, 0.15) is 5.76 Å². The molecule has 1 aromatic heterocycles. The first kappa shape index (κ1) is 15.3. The fourth-order valence-electron chi connectivity index (χ4n) is 1.27. The van der Waals surface area contributed by atoms with Gasteiger partial charge >= 0.3 is 6.03 Å². The first-order chi connectivity index (χ1) is 9.54. The van der Waals surface area contributed by atoms with Gasteiger partial charge in [0.2, 0.25) is 0 Å². The molecule has 104 valence electrons. The number of hydrogen-bond acceptors (Lipinski definition) is 3. The first-order valence-corrected chi connectivity index (χ1v) is 7.60. The molecule has 0 spiro atoms. The number of urea groups is 1. The van der Waals surface area contributed by atoms with E-state index in [1.165, 1.54) is 6.21 Å². The Morgan fingerprint density at radius 1 is 1.40 bits per heavy atom. The molecule has 2 N–H and O–H groups in total. The van der Waals surface area contributed by atoms with Gasteiger partial charge in [-0.25, -0.2) is 10.2 Å². The van der Waals surface area contributed by atoms with E-state index in [0.717, 1.165) is 8.24 Å². The Kier molecular flexibility index (Phi) is 5.44. The van der Waals surface area contributed by atoms with Crippen molar-refractivity contribution < 1.29 is 9.21 Å². The Bertz CT molecular complexity index is 623. The number of rotatable bonds is 3. The van der Waals surface area contributed by atoms with Crippen molar-refractivity contribution in [1.82, 2.24) is 5.43 Å². The number of halogens is 3. The first-order valence-electron chi connectivity index (χ1n) is 5.35. The van der Waals surface area contributed by atoms with Crippen LogP contribution in [-0.2, 0) is 0 Å². The molecule has 8 heteroatoms. The maximum absolute atomic E-state index is 11.5. The summed E-state index contributed by atoms with van der Waals surface area (Å²) in [5.41, 5.74) is 2.95. The summed E-state index contributed by atoms with van der Waals surface area (Å²) >= 11 is 11.1. The molecule has 2 amide bonds. The number of benzene rings is 1. The highest BCUT2D eigenvalue weighted by molar-refractivity contribution is 14.1. The van der Waals surface area contributed by atoms with E-state index >= 15 is 0 Å². The summed E-state index contributed by atoms with van der Waals surface area (Å²) in [6.07, 6.45) is 1.41. The van der Waals surface area contributed by atoms with Crippen molar-refractivity contribution in [2.75, 3.05) is 5.32 Å². The van der Waals surface area contributed by atoms with E-state index in [1.807, 2.05) is 22.6 Å². The van der Waals surface area contributed by atoms with E-state index in [-0.39, 0.29) is 0 Å². The number of nitrogens with one attached hydrogen (secondary N) is 2. The average molecular weight is 468 g/mol. The number of nitrogens with zero attached hydrogens (tertiary/aromatic N) is 1. The molecular weight excluding hydrogens is 460 g/mol. The SMILES string of the molecule is O=C(N/N=C/c1cc(Br)c(I)o1)Nc1ccc(Cl)cc1. The van der Waals surface area contributed by atoms with E-state index in [4.69, 9.17) is 16.0 Å². The van der Waals surface area contributed by atoms with Gasteiger partial charge < -0.3 is 9.73 Å². The van der Waals surface area contributed by atoms with E-state index < -0.39 is 6.03 Å². The summed E-state index contributed by atoms with van der Waals surface area (Å²) < 4.78 is 6.89. The Morgan fingerprint density at radius 3 is 2.70 bits per heavy atom. The molecule has 2 rings (SSSR count). The molecule has 0 saturated heterocycles. The lowest BCUT2D eigenvalue weighted by Gasteiger charge is -2.03. The zero-order valence-corrected chi connectivity index (χ0v) is 14.4. The normalized spacial score (nSPS) is 10.8. The van der Waals surface area contributed by atoms with Crippen LogP contribution in [0.1, 0.15) is 5.76 Å². The third-order valence-corrected chi connectivity index (χ3v) is 4.51. The van der Waals surface area contributed by atoms with Gasteiger partial charge in [-0.05, 0) is 40.2 Å². The number of carbonyl (C=O) groups is 1. The molecule has 0 aliphatic rings. The number of amides is 2. The van der Waals surface area contributed by atoms with Crippen LogP contribution in [0.15, 0.2) is 44.3 Å². The largest absolute Gasteiger partial charge is 0.448 e. The van der Waals surface area contributed by atoms with Gasteiger partial charge in [0.05, 0.1) is 10.7 Å². The number of hydrazone groups is 1. The number of anilines is 1. The minimum absolute atomic E-state index is 0.455. The van der Waals surface area contributed by atoms with Crippen molar-refractivity contribution in [3.05, 3.63) is 49.4 Å². The highest BCUT2D eigenvalue weighted by atomic mass is 127. The second-order valence-electron chi connectivity index (χ2n) is 3.60. The molecule has 20 heavy (non-hydrogen) atoms. The summed E-state index contributed by atoms with van der Waals surface area (Å²) in [7, 11) is 0. The molecule has 0 fully saturated rings. The van der Waals surface area contributed by atoms with Crippen molar-refractivity contribution in [1.29, 1.82) is 0 Å². The van der Waals surface area contributed by atoms with Crippen LogP contribution in [0.2, 0.25) is 5.02 Å². The quantitative estimate of drug-likeness (QED) is 0.397. The third kappa shape index (κ3) is 4.50. The summed E-state index contributed by atoms with van der Waals surface area (Å²) in [5.74, 6) is 0.535. The fraction of sp³-hybridized carbons (Fsp3) is 0. The van der Waals surface area contributed by atoms with Gasteiger partial charge in [0.25, 0.3) is 0 Å². The van der Waals surface area contributed by atoms with Gasteiger partial charge in [0, 0.05) is 39.4 Å². The summed E-state index contributed by atoms with van der Waals surface area (Å²) in [6, 6.07) is 8.05. The highest BCUT2D eigenvalue weighted by Crippen LogP contribution is 2.21. The van der Waals surface area contributed by atoms with Gasteiger partial charge in [-0.15, -0.1) is 0 Å². The molecule has 1 aromatic carbocycles. The Morgan fingerprint density at radius 2 is 2.10 bits per heavy atom. The molecular formula is C12H8BrClIN3O2. The highest BCUT2D eigenvalue weighted by Gasteiger charge is 2.04. The van der Waals surface area contributed by atoms with Crippen molar-refractivity contribution in [2.24, 2.45) is 5.10 Å². The van der Waals surface area contributed by atoms with Crippen molar-refractivity contribution in [2.45, 2.75) is 0 Å². The monoisotopic (exact) mass is 467 g/mol. The molecule has 0 bridgehead atoms. The lowest BCUT2D eigenvalue weighted by molar-refractivity contribution is 0.252.